The van der Waals surface area contributed by atoms with Crippen LogP contribution in [0.4, 0.5) is 0 Å². The zero-order chi connectivity index (χ0) is 10.7. The summed E-state index contributed by atoms with van der Waals surface area (Å²) >= 11 is 5.86. The quantitative estimate of drug-likeness (QED) is 0.788. The molecule has 0 saturated heterocycles. The van der Waals surface area contributed by atoms with Gasteiger partial charge in [0.25, 0.3) is 0 Å². The van der Waals surface area contributed by atoms with Gasteiger partial charge in [-0.15, -0.1) is 0 Å². The SMILES string of the molecule is COc1cc(Cl)cc(C(O)OC)c1C. The fourth-order valence-corrected chi connectivity index (χ4v) is 1.49. The highest BCUT2D eigenvalue weighted by atomic mass is 35.5. The molecular formula is C10H13ClO3. The molecule has 78 valence electrons. The van der Waals surface area contributed by atoms with Crippen LogP contribution in [-0.4, -0.2) is 19.3 Å². The topological polar surface area (TPSA) is 38.7 Å². The predicted octanol–water partition coefficient (Wildman–Crippen LogP) is 2.29. The number of halogens is 1. The van der Waals surface area contributed by atoms with Gasteiger partial charge in [0, 0.05) is 17.7 Å². The van der Waals surface area contributed by atoms with E-state index in [1.807, 2.05) is 6.92 Å². The number of aliphatic hydroxyl groups is 1. The second kappa shape index (κ2) is 4.64. The molecule has 1 atom stereocenters. The molecule has 1 N–H and O–H groups in total. The zero-order valence-corrected chi connectivity index (χ0v) is 9.13. The number of rotatable bonds is 3. The van der Waals surface area contributed by atoms with Crippen molar-refractivity contribution in [1.82, 2.24) is 0 Å². The van der Waals surface area contributed by atoms with Gasteiger partial charge in [-0.2, -0.15) is 0 Å². The van der Waals surface area contributed by atoms with Gasteiger partial charge in [0.1, 0.15) is 5.75 Å². The number of hydrogen-bond acceptors (Lipinski definition) is 3. The standard InChI is InChI=1S/C10H13ClO3/c1-6-8(10(12)14-3)4-7(11)5-9(6)13-2/h4-5,10,12H,1-3H3. The maximum Gasteiger partial charge on any atom is 0.181 e. The minimum Gasteiger partial charge on any atom is -0.496 e. The van der Waals surface area contributed by atoms with Gasteiger partial charge >= 0.3 is 0 Å². The van der Waals surface area contributed by atoms with Crippen LogP contribution in [0.15, 0.2) is 12.1 Å². The van der Waals surface area contributed by atoms with Crippen LogP contribution in [0, 0.1) is 6.92 Å². The van der Waals surface area contributed by atoms with Crippen LogP contribution in [0.3, 0.4) is 0 Å². The Balaban J connectivity index is 3.21. The van der Waals surface area contributed by atoms with Crippen molar-refractivity contribution in [3.8, 4) is 5.75 Å². The van der Waals surface area contributed by atoms with Crippen molar-refractivity contribution in [2.45, 2.75) is 13.2 Å². The van der Waals surface area contributed by atoms with Crippen molar-refractivity contribution in [1.29, 1.82) is 0 Å². The zero-order valence-electron chi connectivity index (χ0n) is 8.37. The van der Waals surface area contributed by atoms with Gasteiger partial charge in [-0.25, -0.2) is 0 Å². The molecular weight excluding hydrogens is 204 g/mol. The number of methoxy groups -OCH3 is 2. The molecule has 0 aliphatic heterocycles. The Kier molecular flexibility index (Phi) is 3.75. The summed E-state index contributed by atoms with van der Waals surface area (Å²) < 4.78 is 9.92. The summed E-state index contributed by atoms with van der Waals surface area (Å²) in [5, 5.41) is 10.0. The van der Waals surface area contributed by atoms with E-state index in [1.165, 1.54) is 7.11 Å². The van der Waals surface area contributed by atoms with E-state index in [-0.39, 0.29) is 0 Å². The van der Waals surface area contributed by atoms with Gasteiger partial charge < -0.3 is 14.6 Å². The van der Waals surface area contributed by atoms with Crippen LogP contribution in [-0.2, 0) is 4.74 Å². The van der Waals surface area contributed by atoms with Crippen LogP contribution in [0.5, 0.6) is 5.75 Å². The molecule has 1 aromatic rings. The first-order valence-corrected chi connectivity index (χ1v) is 4.52. The Bertz CT molecular complexity index is 325. The molecule has 0 radical (unpaired) electrons. The van der Waals surface area contributed by atoms with E-state index >= 15 is 0 Å². The fourth-order valence-electron chi connectivity index (χ4n) is 1.27. The first kappa shape index (κ1) is 11.3. The Morgan fingerprint density at radius 2 is 2.00 bits per heavy atom. The third kappa shape index (κ3) is 2.18. The summed E-state index contributed by atoms with van der Waals surface area (Å²) in [6, 6.07) is 3.36. The average molecular weight is 217 g/mol. The van der Waals surface area contributed by atoms with Gasteiger partial charge in [0.15, 0.2) is 6.29 Å². The van der Waals surface area contributed by atoms with E-state index in [0.717, 1.165) is 5.56 Å². The average Bonchev–Trinajstić information content (AvgIpc) is 2.19. The normalized spacial score (nSPS) is 12.6. The molecule has 0 fully saturated rings. The molecule has 1 rings (SSSR count). The Morgan fingerprint density at radius 3 is 2.50 bits per heavy atom. The van der Waals surface area contributed by atoms with Gasteiger partial charge in [0.2, 0.25) is 0 Å². The molecule has 1 unspecified atom stereocenters. The Morgan fingerprint density at radius 1 is 1.36 bits per heavy atom. The summed E-state index contributed by atoms with van der Waals surface area (Å²) in [5.41, 5.74) is 1.45. The highest BCUT2D eigenvalue weighted by Gasteiger charge is 2.13. The van der Waals surface area contributed by atoms with Crippen LogP contribution in [0.25, 0.3) is 0 Å². The van der Waals surface area contributed by atoms with Crippen molar-refractivity contribution in [3.05, 3.63) is 28.3 Å². The minimum absolute atomic E-state index is 0.513. The van der Waals surface area contributed by atoms with Crippen LogP contribution >= 0.6 is 11.6 Å². The van der Waals surface area contributed by atoms with Crippen molar-refractivity contribution in [2.75, 3.05) is 14.2 Å². The van der Waals surface area contributed by atoms with Crippen molar-refractivity contribution < 1.29 is 14.6 Å². The summed E-state index contributed by atoms with van der Waals surface area (Å²) in [4.78, 5) is 0. The molecule has 0 saturated carbocycles. The van der Waals surface area contributed by atoms with Crippen LogP contribution in [0.1, 0.15) is 17.4 Å². The first-order chi connectivity index (χ1) is 6.60. The van der Waals surface area contributed by atoms with E-state index in [1.54, 1.807) is 19.2 Å². The number of benzene rings is 1. The monoisotopic (exact) mass is 216 g/mol. The molecule has 1 aromatic carbocycles. The van der Waals surface area contributed by atoms with E-state index in [2.05, 4.69) is 0 Å². The van der Waals surface area contributed by atoms with Gasteiger partial charge in [0.05, 0.1) is 7.11 Å². The lowest BCUT2D eigenvalue weighted by molar-refractivity contribution is -0.0774. The minimum atomic E-state index is -0.970. The lowest BCUT2D eigenvalue weighted by Crippen LogP contribution is -2.03. The largest absolute Gasteiger partial charge is 0.496 e. The van der Waals surface area contributed by atoms with Crippen molar-refractivity contribution in [2.24, 2.45) is 0 Å². The van der Waals surface area contributed by atoms with Crippen molar-refractivity contribution in [3.63, 3.8) is 0 Å². The third-order valence-corrected chi connectivity index (χ3v) is 2.29. The number of hydrogen-bond donors (Lipinski definition) is 1. The number of ether oxygens (including phenoxy) is 2. The van der Waals surface area contributed by atoms with E-state index in [0.29, 0.717) is 16.3 Å². The smallest absolute Gasteiger partial charge is 0.181 e. The summed E-state index contributed by atoms with van der Waals surface area (Å²) in [6.45, 7) is 1.84. The third-order valence-electron chi connectivity index (χ3n) is 2.07. The first-order valence-electron chi connectivity index (χ1n) is 4.15. The summed E-state index contributed by atoms with van der Waals surface area (Å²) in [5.74, 6) is 0.642. The fraction of sp³-hybridized carbons (Fsp3) is 0.400. The van der Waals surface area contributed by atoms with E-state index in [9.17, 15) is 5.11 Å². The predicted molar refractivity (Wildman–Crippen MR) is 54.7 cm³/mol. The lowest BCUT2D eigenvalue weighted by atomic mass is 10.1. The van der Waals surface area contributed by atoms with Gasteiger partial charge in [-0.1, -0.05) is 11.6 Å². The molecule has 0 aromatic heterocycles. The molecule has 3 nitrogen and oxygen atoms in total. The molecule has 0 spiro atoms. The lowest BCUT2D eigenvalue weighted by Gasteiger charge is -2.15. The maximum atomic E-state index is 9.52. The molecule has 0 aliphatic rings. The molecule has 0 bridgehead atoms. The second-order valence-electron chi connectivity index (χ2n) is 2.91. The van der Waals surface area contributed by atoms with E-state index in [4.69, 9.17) is 21.1 Å². The molecule has 14 heavy (non-hydrogen) atoms. The Labute approximate surface area is 88.2 Å². The summed E-state index contributed by atoms with van der Waals surface area (Å²) in [7, 11) is 2.99. The molecule has 0 heterocycles. The highest BCUT2D eigenvalue weighted by Crippen LogP contribution is 2.30. The Hall–Kier alpha value is -0.770. The van der Waals surface area contributed by atoms with Gasteiger partial charge in [-0.05, 0) is 24.6 Å². The van der Waals surface area contributed by atoms with E-state index < -0.39 is 6.29 Å². The molecule has 4 heteroatoms. The van der Waals surface area contributed by atoms with Crippen molar-refractivity contribution >= 4 is 11.6 Å². The highest BCUT2D eigenvalue weighted by molar-refractivity contribution is 6.30. The second-order valence-corrected chi connectivity index (χ2v) is 3.35. The maximum absolute atomic E-state index is 9.52. The molecule has 0 amide bonds. The van der Waals surface area contributed by atoms with Gasteiger partial charge in [-0.3, -0.25) is 0 Å². The van der Waals surface area contributed by atoms with Crippen LogP contribution < -0.4 is 4.74 Å². The molecule has 0 aliphatic carbocycles. The number of aliphatic hydroxyl groups excluding tert-OH is 1. The van der Waals surface area contributed by atoms with Crippen LogP contribution in [0.2, 0.25) is 5.02 Å². The summed E-state index contributed by atoms with van der Waals surface area (Å²) in [6.07, 6.45) is -0.970.